The fourth-order valence-corrected chi connectivity index (χ4v) is 3.55. The van der Waals surface area contributed by atoms with Crippen LogP contribution in [0.3, 0.4) is 0 Å². The van der Waals surface area contributed by atoms with Gasteiger partial charge in [0.25, 0.3) is 0 Å². The zero-order valence-corrected chi connectivity index (χ0v) is 16.0. The average molecular weight is 409 g/mol. The van der Waals surface area contributed by atoms with Crippen LogP contribution >= 0.6 is 24.0 Å². The molecule has 2 aliphatic rings. The van der Waals surface area contributed by atoms with Crippen LogP contribution in [0.5, 0.6) is 0 Å². The van der Waals surface area contributed by atoms with Crippen molar-refractivity contribution in [2.24, 2.45) is 16.8 Å². The molecule has 124 valence electrons. The highest BCUT2D eigenvalue weighted by molar-refractivity contribution is 14.0. The van der Waals surface area contributed by atoms with Crippen LogP contribution in [0.2, 0.25) is 0 Å². The lowest BCUT2D eigenvalue weighted by Crippen LogP contribution is -2.47. The number of hydrogen-bond donors (Lipinski definition) is 3. The van der Waals surface area contributed by atoms with Crippen molar-refractivity contribution >= 4 is 29.9 Å². The Hall–Kier alpha value is -0.0400. The summed E-state index contributed by atoms with van der Waals surface area (Å²) in [6.07, 6.45) is 6.71. The second-order valence-corrected chi connectivity index (χ2v) is 7.03. The Morgan fingerprint density at radius 2 is 1.81 bits per heavy atom. The lowest BCUT2D eigenvalue weighted by molar-refractivity contribution is -0.0236. The summed E-state index contributed by atoms with van der Waals surface area (Å²) in [5.41, 5.74) is -0.532. The number of nitrogens with zero attached hydrogens (tertiary/aromatic N) is 1. The topological polar surface area (TPSA) is 56.7 Å². The molecule has 0 spiro atoms. The van der Waals surface area contributed by atoms with Crippen molar-refractivity contribution < 1.29 is 5.11 Å². The maximum atomic E-state index is 10.2. The van der Waals surface area contributed by atoms with E-state index in [0.29, 0.717) is 12.6 Å². The Morgan fingerprint density at radius 3 is 2.29 bits per heavy atom. The zero-order chi connectivity index (χ0) is 14.6. The van der Waals surface area contributed by atoms with Crippen LogP contribution in [-0.4, -0.2) is 35.8 Å². The van der Waals surface area contributed by atoms with E-state index >= 15 is 0 Å². The van der Waals surface area contributed by atoms with E-state index in [1.54, 1.807) is 0 Å². The van der Waals surface area contributed by atoms with Gasteiger partial charge in [-0.15, -0.1) is 24.0 Å². The molecule has 0 aromatic carbocycles. The zero-order valence-electron chi connectivity index (χ0n) is 13.7. The molecule has 3 N–H and O–H groups in total. The summed E-state index contributed by atoms with van der Waals surface area (Å²) in [6.45, 7) is 8.15. The summed E-state index contributed by atoms with van der Waals surface area (Å²) in [7, 11) is 0. The van der Waals surface area contributed by atoms with Gasteiger partial charge in [-0.05, 0) is 57.3 Å². The summed E-state index contributed by atoms with van der Waals surface area (Å²) < 4.78 is 0. The monoisotopic (exact) mass is 409 g/mol. The number of guanidine groups is 1. The van der Waals surface area contributed by atoms with E-state index in [9.17, 15) is 5.11 Å². The second kappa shape index (κ2) is 8.56. The van der Waals surface area contributed by atoms with Gasteiger partial charge in [-0.3, -0.25) is 4.99 Å². The third-order valence-electron chi connectivity index (χ3n) is 4.68. The van der Waals surface area contributed by atoms with Gasteiger partial charge in [0.1, 0.15) is 0 Å². The van der Waals surface area contributed by atoms with Gasteiger partial charge in [0.15, 0.2) is 5.96 Å². The van der Waals surface area contributed by atoms with Gasteiger partial charge in [0.05, 0.1) is 12.1 Å². The number of aliphatic imine (C=N–C) groups is 1. The average Bonchev–Trinajstić information content (AvgIpc) is 2.32. The molecule has 0 radical (unpaired) electrons. The van der Waals surface area contributed by atoms with E-state index < -0.39 is 5.60 Å². The first kappa shape index (κ1) is 19.0. The molecule has 0 aromatic heterocycles. The molecule has 2 aliphatic carbocycles. The largest absolute Gasteiger partial charge is 0.388 e. The number of hydrogen-bond acceptors (Lipinski definition) is 2. The van der Waals surface area contributed by atoms with Crippen molar-refractivity contribution in [3.63, 3.8) is 0 Å². The van der Waals surface area contributed by atoms with E-state index in [2.05, 4.69) is 36.4 Å². The van der Waals surface area contributed by atoms with Crippen LogP contribution in [0.4, 0.5) is 0 Å². The van der Waals surface area contributed by atoms with Gasteiger partial charge in [-0.25, -0.2) is 0 Å². The fraction of sp³-hybridized carbons (Fsp3) is 0.938. The molecule has 2 atom stereocenters. The molecular weight excluding hydrogens is 377 g/mol. The maximum Gasteiger partial charge on any atom is 0.191 e. The Labute approximate surface area is 146 Å². The Bertz CT molecular complexity index is 334. The fourth-order valence-electron chi connectivity index (χ4n) is 3.55. The summed E-state index contributed by atoms with van der Waals surface area (Å²) in [5, 5.41) is 17.0. The first-order valence-electron chi connectivity index (χ1n) is 8.28. The SMILES string of the molecule is CCNC(=NCC1(O)CCC1)NC1CC(C)CC(C)C1.I. The van der Waals surface area contributed by atoms with E-state index in [0.717, 1.165) is 43.6 Å². The van der Waals surface area contributed by atoms with E-state index in [4.69, 9.17) is 0 Å². The van der Waals surface area contributed by atoms with Crippen molar-refractivity contribution in [3.05, 3.63) is 0 Å². The van der Waals surface area contributed by atoms with Gasteiger partial charge in [0.2, 0.25) is 0 Å². The molecular formula is C16H32IN3O. The van der Waals surface area contributed by atoms with Crippen molar-refractivity contribution in [1.82, 2.24) is 10.6 Å². The maximum absolute atomic E-state index is 10.2. The van der Waals surface area contributed by atoms with Gasteiger partial charge < -0.3 is 15.7 Å². The molecule has 2 unspecified atom stereocenters. The Kier molecular flexibility index (Phi) is 7.74. The predicted octanol–water partition coefficient (Wildman–Crippen LogP) is 2.90. The first-order valence-corrected chi connectivity index (χ1v) is 8.28. The Balaban J connectivity index is 0.00000220. The highest BCUT2D eigenvalue weighted by atomic mass is 127. The number of aliphatic hydroxyl groups is 1. The normalized spacial score (nSPS) is 31.8. The highest BCUT2D eigenvalue weighted by Crippen LogP contribution is 2.31. The van der Waals surface area contributed by atoms with Crippen molar-refractivity contribution in [2.45, 2.75) is 70.9 Å². The minimum atomic E-state index is -0.532. The van der Waals surface area contributed by atoms with Crippen LogP contribution < -0.4 is 10.6 Å². The molecule has 0 saturated heterocycles. The van der Waals surface area contributed by atoms with Crippen molar-refractivity contribution in [1.29, 1.82) is 0 Å². The molecule has 0 aliphatic heterocycles. The van der Waals surface area contributed by atoms with E-state index in [1.807, 2.05) is 0 Å². The number of nitrogens with one attached hydrogen (secondary N) is 2. The summed E-state index contributed by atoms with van der Waals surface area (Å²) in [6, 6.07) is 0.516. The Morgan fingerprint density at radius 1 is 1.19 bits per heavy atom. The molecule has 5 heteroatoms. The first-order chi connectivity index (χ1) is 9.50. The summed E-state index contributed by atoms with van der Waals surface area (Å²) >= 11 is 0. The molecule has 0 bridgehead atoms. The van der Waals surface area contributed by atoms with Crippen molar-refractivity contribution in [2.75, 3.05) is 13.1 Å². The van der Waals surface area contributed by atoms with E-state index in [-0.39, 0.29) is 24.0 Å². The third kappa shape index (κ3) is 5.93. The molecule has 0 aromatic rings. The predicted molar refractivity (Wildman–Crippen MR) is 99.3 cm³/mol. The standard InChI is InChI=1S/C16H31N3O.HI/c1-4-17-15(18-11-16(20)6-5-7-16)19-14-9-12(2)8-13(3)10-14;/h12-14,20H,4-11H2,1-3H3,(H2,17,18,19);1H. The molecule has 21 heavy (non-hydrogen) atoms. The number of halogens is 1. The van der Waals surface area contributed by atoms with Crippen LogP contribution in [0.1, 0.15) is 59.3 Å². The smallest absolute Gasteiger partial charge is 0.191 e. The van der Waals surface area contributed by atoms with Gasteiger partial charge >= 0.3 is 0 Å². The quantitative estimate of drug-likeness (QED) is 0.380. The van der Waals surface area contributed by atoms with Crippen LogP contribution in [0, 0.1) is 11.8 Å². The van der Waals surface area contributed by atoms with Gasteiger partial charge in [-0.2, -0.15) is 0 Å². The minimum absolute atomic E-state index is 0. The highest BCUT2D eigenvalue weighted by Gasteiger charge is 2.34. The molecule has 2 saturated carbocycles. The lowest BCUT2D eigenvalue weighted by atomic mass is 9.80. The molecule has 4 nitrogen and oxygen atoms in total. The van der Waals surface area contributed by atoms with Crippen LogP contribution in [-0.2, 0) is 0 Å². The second-order valence-electron chi connectivity index (χ2n) is 7.03. The minimum Gasteiger partial charge on any atom is -0.388 e. The third-order valence-corrected chi connectivity index (χ3v) is 4.68. The molecule has 2 rings (SSSR count). The van der Waals surface area contributed by atoms with E-state index in [1.165, 1.54) is 19.3 Å². The van der Waals surface area contributed by atoms with Gasteiger partial charge in [-0.1, -0.05) is 13.8 Å². The molecule has 0 heterocycles. The van der Waals surface area contributed by atoms with Crippen LogP contribution in [0.15, 0.2) is 4.99 Å². The molecule has 2 fully saturated rings. The van der Waals surface area contributed by atoms with Crippen molar-refractivity contribution in [3.8, 4) is 0 Å². The number of rotatable bonds is 4. The van der Waals surface area contributed by atoms with Crippen LogP contribution in [0.25, 0.3) is 0 Å². The summed E-state index contributed by atoms with van der Waals surface area (Å²) in [5.74, 6) is 2.45. The van der Waals surface area contributed by atoms with Gasteiger partial charge in [0, 0.05) is 12.6 Å². The summed E-state index contributed by atoms with van der Waals surface area (Å²) in [4.78, 5) is 4.60. The lowest BCUT2D eigenvalue weighted by Gasteiger charge is -2.36. The molecule has 0 amide bonds.